The molecule has 0 radical (unpaired) electrons. The lowest BCUT2D eigenvalue weighted by Gasteiger charge is -2.15. The van der Waals surface area contributed by atoms with Gasteiger partial charge in [0.05, 0.1) is 36.9 Å². The lowest BCUT2D eigenvalue weighted by atomic mass is 10.2. The number of rotatable bonds is 12. The maximum atomic E-state index is 11.0. The molecule has 14 heteroatoms. The van der Waals surface area contributed by atoms with Crippen LogP contribution in [0.3, 0.4) is 0 Å². The molecule has 0 aliphatic carbocycles. The van der Waals surface area contributed by atoms with E-state index in [1.165, 1.54) is 22.3 Å². The van der Waals surface area contributed by atoms with E-state index < -0.39 is 20.2 Å². The highest BCUT2D eigenvalue weighted by Gasteiger charge is 2.27. The summed E-state index contributed by atoms with van der Waals surface area (Å²) < 4.78 is 54.0. The molecule has 0 bridgehead atoms. The largest absolute Gasteiger partial charge is 0.392 e. The van der Waals surface area contributed by atoms with E-state index in [1.807, 2.05) is 48.5 Å². The highest BCUT2D eigenvalue weighted by atomic mass is 32.2. The van der Waals surface area contributed by atoms with Crippen LogP contribution in [-0.4, -0.2) is 136 Å². The van der Waals surface area contributed by atoms with Gasteiger partial charge in [-0.15, -0.1) is 0 Å². The topological polar surface area (TPSA) is 140 Å². The van der Waals surface area contributed by atoms with Gasteiger partial charge in [0, 0.05) is 78.5 Å². The summed E-state index contributed by atoms with van der Waals surface area (Å²) in [6.07, 6.45) is 5.02. The number of hydrogen-bond donors (Lipinski definition) is 2. The fourth-order valence-corrected chi connectivity index (χ4v) is 9.11. The van der Waals surface area contributed by atoms with Gasteiger partial charge in [0.15, 0.2) is 0 Å². The molecule has 0 saturated carbocycles. The molecule has 12 nitrogen and oxygen atoms in total. The van der Waals surface area contributed by atoms with E-state index >= 15 is 0 Å². The molecule has 0 spiro atoms. The van der Waals surface area contributed by atoms with Gasteiger partial charge in [-0.05, 0) is 47.9 Å². The van der Waals surface area contributed by atoms with Crippen molar-refractivity contribution < 1.29 is 35.4 Å². The van der Waals surface area contributed by atoms with E-state index in [4.69, 9.17) is 8.37 Å². The molecule has 0 aromatic heterocycles. The van der Waals surface area contributed by atoms with Gasteiger partial charge in [-0.3, -0.25) is 28.0 Å². The lowest BCUT2D eigenvalue weighted by molar-refractivity contribution is 0.174. The van der Waals surface area contributed by atoms with E-state index in [1.54, 1.807) is 0 Å². The predicted octanol–water partition coefficient (Wildman–Crippen LogP) is 4.98. The van der Waals surface area contributed by atoms with Crippen LogP contribution in [0, 0.1) is 0 Å². The number of aliphatic hydroxyl groups excluding tert-OH is 2. The molecule has 2 N–H and O–H groups in total. The summed E-state index contributed by atoms with van der Waals surface area (Å²) >= 11 is 0. The Morgan fingerprint density at radius 1 is 0.433 bits per heavy atom. The third-order valence-electron chi connectivity index (χ3n) is 10.6. The van der Waals surface area contributed by atoms with Crippen molar-refractivity contribution in [1.82, 2.24) is 19.6 Å². The fraction of sp³-hybridized carbons (Fsp3) is 0.478. The van der Waals surface area contributed by atoms with Crippen LogP contribution < -0.4 is 0 Å². The third kappa shape index (κ3) is 19.0. The molecule has 4 aliphatic heterocycles. The predicted molar refractivity (Wildman–Crippen MR) is 237 cm³/mol. The first-order valence-corrected chi connectivity index (χ1v) is 24.6. The SMILES string of the molecule is CS(=O)(=O)O[C@@H]1CCN(Cc2ccccc2)C1.CS(=O)(=O)O[C@H]1CCN(Cc2ccccc2)C1.O[C@@H]1CCN(Cc2ccccc2)C1.O[C@H]1CCN(Cc2ccccc2)C1. The Morgan fingerprint density at radius 3 is 0.917 bits per heavy atom. The number of benzene rings is 4. The number of likely N-dealkylation sites (tertiary alicyclic amines) is 4. The normalized spacial score (nSPS) is 22.6. The minimum absolute atomic E-state index is 0.108. The summed E-state index contributed by atoms with van der Waals surface area (Å²) in [5.41, 5.74) is 5.15. The summed E-state index contributed by atoms with van der Waals surface area (Å²) in [6.45, 7) is 10.5. The van der Waals surface area contributed by atoms with Gasteiger partial charge in [-0.25, -0.2) is 0 Å². The van der Waals surface area contributed by atoms with Crippen molar-refractivity contribution in [3.63, 3.8) is 0 Å². The monoisotopic (exact) mass is 864 g/mol. The highest BCUT2D eigenvalue weighted by Crippen LogP contribution is 2.19. The molecule has 4 heterocycles. The van der Waals surface area contributed by atoms with Gasteiger partial charge in [-0.2, -0.15) is 16.8 Å². The first-order valence-electron chi connectivity index (χ1n) is 20.9. The van der Waals surface area contributed by atoms with Crippen molar-refractivity contribution in [2.75, 3.05) is 64.9 Å². The Hall–Kier alpha value is -3.54. The molecular formula is C46H64N4O8S2. The molecule has 4 aromatic rings. The van der Waals surface area contributed by atoms with E-state index in [9.17, 15) is 27.0 Å². The van der Waals surface area contributed by atoms with Crippen molar-refractivity contribution in [2.45, 2.75) is 76.3 Å². The second-order valence-electron chi connectivity index (χ2n) is 16.2. The molecule has 4 saturated heterocycles. The van der Waals surface area contributed by atoms with Crippen LogP contribution in [0.25, 0.3) is 0 Å². The number of hydrogen-bond acceptors (Lipinski definition) is 12. The van der Waals surface area contributed by atoms with Crippen molar-refractivity contribution in [3.05, 3.63) is 144 Å². The van der Waals surface area contributed by atoms with Crippen LogP contribution in [0.2, 0.25) is 0 Å². The lowest BCUT2D eigenvalue weighted by Crippen LogP contribution is -2.24. The van der Waals surface area contributed by atoms with Crippen LogP contribution in [0.4, 0.5) is 0 Å². The van der Waals surface area contributed by atoms with E-state index in [0.717, 1.165) is 104 Å². The average Bonchev–Trinajstić information content (AvgIpc) is 4.03. The standard InChI is InChI=1S/2C12H17NO3S.2C11H15NO/c2*1-17(14,15)16-12-7-8-13(10-12)9-11-5-3-2-4-6-11;2*13-11-6-7-12(9-11)8-10-4-2-1-3-5-10/h2*2-6,12H,7-10H2,1H3;2*1-5,11,13H,6-9H2/t2*12-;2*11-/m1010/s1. The van der Waals surface area contributed by atoms with Crippen LogP contribution >= 0.6 is 0 Å². The number of aliphatic hydroxyl groups is 2. The van der Waals surface area contributed by atoms with Gasteiger partial charge in [0.25, 0.3) is 20.2 Å². The smallest absolute Gasteiger partial charge is 0.264 e. The van der Waals surface area contributed by atoms with Gasteiger partial charge in [0.2, 0.25) is 0 Å². The van der Waals surface area contributed by atoms with Crippen molar-refractivity contribution in [1.29, 1.82) is 0 Å². The first kappa shape index (κ1) is 47.5. The second kappa shape index (κ2) is 24.2. The van der Waals surface area contributed by atoms with E-state index in [0.29, 0.717) is 13.1 Å². The van der Waals surface area contributed by atoms with E-state index in [2.05, 4.69) is 92.4 Å². The number of nitrogens with zero attached hydrogens (tertiary/aromatic N) is 4. The van der Waals surface area contributed by atoms with Gasteiger partial charge < -0.3 is 10.2 Å². The first-order chi connectivity index (χ1) is 28.7. The highest BCUT2D eigenvalue weighted by molar-refractivity contribution is 7.86. The Balaban J connectivity index is 0.000000153. The Bertz CT molecular complexity index is 1870. The van der Waals surface area contributed by atoms with Crippen molar-refractivity contribution in [3.8, 4) is 0 Å². The molecule has 4 atom stereocenters. The Kier molecular flexibility index (Phi) is 19.2. The summed E-state index contributed by atoms with van der Waals surface area (Å²) in [4.78, 5) is 9.01. The van der Waals surface area contributed by atoms with Crippen LogP contribution in [0.1, 0.15) is 47.9 Å². The van der Waals surface area contributed by atoms with Gasteiger partial charge in [0.1, 0.15) is 0 Å². The summed E-state index contributed by atoms with van der Waals surface area (Å²) in [5, 5.41) is 18.7. The molecule has 4 fully saturated rings. The average molecular weight is 865 g/mol. The van der Waals surface area contributed by atoms with Crippen LogP contribution in [0.5, 0.6) is 0 Å². The molecule has 4 aliphatic rings. The van der Waals surface area contributed by atoms with Gasteiger partial charge >= 0.3 is 0 Å². The zero-order chi connectivity index (χ0) is 42.8. The molecule has 8 rings (SSSR count). The summed E-state index contributed by atoms with van der Waals surface area (Å²) in [6, 6.07) is 41.1. The minimum Gasteiger partial charge on any atom is -0.392 e. The molecule has 328 valence electrons. The quantitative estimate of drug-likeness (QED) is 0.186. The van der Waals surface area contributed by atoms with Gasteiger partial charge in [-0.1, -0.05) is 121 Å². The van der Waals surface area contributed by atoms with Crippen molar-refractivity contribution >= 4 is 20.2 Å². The Labute approximate surface area is 358 Å². The second-order valence-corrected chi connectivity index (χ2v) is 19.4. The summed E-state index contributed by atoms with van der Waals surface area (Å²) in [7, 11) is -6.66. The molecule has 0 amide bonds. The molecule has 0 unspecified atom stereocenters. The molecular weight excluding hydrogens is 801 g/mol. The maximum absolute atomic E-state index is 11.0. The fourth-order valence-electron chi connectivity index (χ4n) is 7.81. The maximum Gasteiger partial charge on any atom is 0.264 e. The Morgan fingerprint density at radius 2 is 0.683 bits per heavy atom. The minimum atomic E-state index is -3.33. The number of β-amino-alcohol motifs (C(OH)–C–C–N with tert-alkyl or cyclic N) is 2. The molecule has 4 aromatic carbocycles. The third-order valence-corrected chi connectivity index (χ3v) is 11.8. The van der Waals surface area contributed by atoms with Crippen molar-refractivity contribution in [2.24, 2.45) is 0 Å². The van der Waals surface area contributed by atoms with E-state index in [-0.39, 0.29) is 24.4 Å². The zero-order valence-electron chi connectivity index (χ0n) is 35.1. The van der Waals surface area contributed by atoms with Crippen LogP contribution in [0.15, 0.2) is 121 Å². The zero-order valence-corrected chi connectivity index (χ0v) is 36.8. The van der Waals surface area contributed by atoms with Crippen LogP contribution in [-0.2, 0) is 54.8 Å². The molecule has 60 heavy (non-hydrogen) atoms. The summed E-state index contributed by atoms with van der Waals surface area (Å²) in [5.74, 6) is 0.